The number of nitrogens with zero attached hydrogens (tertiary/aromatic N) is 2. The molecule has 14 heteroatoms. The molecule has 0 spiro atoms. The van der Waals surface area contributed by atoms with Crippen LogP contribution in [0.2, 0.25) is 0 Å². The van der Waals surface area contributed by atoms with E-state index in [2.05, 4.69) is 17.0 Å². The van der Waals surface area contributed by atoms with E-state index in [1.54, 1.807) is 0 Å². The van der Waals surface area contributed by atoms with Gasteiger partial charge in [0.25, 0.3) is 0 Å². The van der Waals surface area contributed by atoms with Gasteiger partial charge in [-0.15, -0.1) is 0 Å². The average molecular weight is 519 g/mol. The number of fused-ring (bicyclic) bond motifs is 1. The molecule has 2 aliphatic heterocycles. The first-order valence-electron chi connectivity index (χ1n) is 11.7. The Morgan fingerprint density at radius 2 is 2.17 bits per heavy atom. The van der Waals surface area contributed by atoms with Gasteiger partial charge in [-0.2, -0.15) is 4.98 Å². The van der Waals surface area contributed by atoms with Crippen LogP contribution in [0, 0.1) is 0 Å². The summed E-state index contributed by atoms with van der Waals surface area (Å²) < 4.78 is 41.6. The third-order valence-electron chi connectivity index (χ3n) is 5.80. The number of nitrogen functional groups attached to an aromatic ring is 1. The Morgan fingerprint density at radius 3 is 2.89 bits per heavy atom. The lowest BCUT2D eigenvalue weighted by atomic mass is 9.96. The zero-order valence-electron chi connectivity index (χ0n) is 20.3. The molecule has 1 aromatic heterocycles. The summed E-state index contributed by atoms with van der Waals surface area (Å²) in [5.41, 5.74) is 3.03. The minimum Gasteiger partial charge on any atom is -0.462 e. The highest BCUT2D eigenvalue weighted by molar-refractivity contribution is 7.51. The summed E-state index contributed by atoms with van der Waals surface area (Å²) in [6, 6.07) is 0.367. The zero-order chi connectivity index (χ0) is 25.6. The van der Waals surface area contributed by atoms with Crippen molar-refractivity contribution in [3.8, 4) is 0 Å². The maximum absolute atomic E-state index is 13.2. The predicted molar refractivity (Wildman–Crippen MR) is 124 cm³/mol. The number of rotatable bonds is 12. The number of ether oxygens (including phenoxy) is 3. The number of esters is 1. The van der Waals surface area contributed by atoms with Gasteiger partial charge in [-0.3, -0.25) is 18.4 Å². The number of carbonyl (C=O) groups excluding carboxylic acids is 1. The molecule has 6 atom stereocenters. The van der Waals surface area contributed by atoms with E-state index in [0.29, 0.717) is 6.61 Å². The minimum atomic E-state index is -4.02. The molecule has 2 saturated heterocycles. The van der Waals surface area contributed by atoms with Gasteiger partial charge in [0.2, 0.25) is 0 Å². The second-order valence-electron chi connectivity index (χ2n) is 8.81. The highest BCUT2D eigenvalue weighted by atomic mass is 31.2. The number of unbranched alkanes of at least 4 members (excludes halogenated alkanes) is 3. The number of aromatic nitrogens is 2. The van der Waals surface area contributed by atoms with E-state index < -0.39 is 49.5 Å². The molecule has 3 heterocycles. The number of carbonyl (C=O) groups is 1. The van der Waals surface area contributed by atoms with Crippen LogP contribution in [0.15, 0.2) is 17.1 Å². The molecule has 2 aliphatic rings. The van der Waals surface area contributed by atoms with Gasteiger partial charge in [-0.05, 0) is 26.3 Å². The Morgan fingerprint density at radius 1 is 1.40 bits per heavy atom. The molecule has 2 fully saturated rings. The summed E-state index contributed by atoms with van der Waals surface area (Å²) in [6.45, 7) is 5.70. The van der Waals surface area contributed by atoms with Crippen molar-refractivity contribution >= 4 is 19.5 Å². The summed E-state index contributed by atoms with van der Waals surface area (Å²) >= 11 is 0. The van der Waals surface area contributed by atoms with Gasteiger partial charge < -0.3 is 25.1 Å². The van der Waals surface area contributed by atoms with Crippen LogP contribution in [-0.4, -0.2) is 70.9 Å². The molecule has 4 N–H and O–H groups in total. The standard InChI is InChI=1S/C21H35N4O9P/c1-4-5-6-7-10-30-11-12-31-18(26)14(2)24-35(29)32-13-15-17(34-35)21(3,28)19(33-15)25-9-8-16(22)23-20(25)27/h8-9,14-15,17,19,28H,4-7,10-13H2,1-3H3,(H,24,29)(H2,22,23,27)/t14-,15+,17+,19+,21+,35?/m0/s1. The van der Waals surface area contributed by atoms with Crippen LogP contribution in [0.3, 0.4) is 0 Å². The van der Waals surface area contributed by atoms with Gasteiger partial charge in [0.15, 0.2) is 6.23 Å². The van der Waals surface area contributed by atoms with Crippen LogP contribution < -0.4 is 16.5 Å². The minimum absolute atomic E-state index is 0.0222. The molecule has 0 bridgehead atoms. The van der Waals surface area contributed by atoms with Crippen molar-refractivity contribution in [3.05, 3.63) is 22.7 Å². The predicted octanol–water partition coefficient (Wildman–Crippen LogP) is 1.12. The van der Waals surface area contributed by atoms with Gasteiger partial charge >= 0.3 is 19.4 Å². The van der Waals surface area contributed by atoms with Gasteiger partial charge in [-0.25, -0.2) is 14.4 Å². The molecule has 3 rings (SSSR count). The fourth-order valence-corrected chi connectivity index (χ4v) is 5.68. The lowest BCUT2D eigenvalue weighted by Gasteiger charge is -2.36. The molecule has 198 valence electrons. The third kappa shape index (κ3) is 6.88. The third-order valence-corrected chi connectivity index (χ3v) is 7.50. The fourth-order valence-electron chi connectivity index (χ4n) is 3.91. The fraction of sp³-hybridized carbons (Fsp3) is 0.762. The van der Waals surface area contributed by atoms with E-state index in [0.717, 1.165) is 30.3 Å². The molecule has 0 aliphatic carbocycles. The first kappa shape index (κ1) is 27.7. The molecule has 13 nitrogen and oxygen atoms in total. The molecule has 0 radical (unpaired) electrons. The topological polar surface area (TPSA) is 173 Å². The Hall–Kier alpha value is -1.86. The second kappa shape index (κ2) is 11.9. The molecule has 1 unspecified atom stereocenters. The Labute approximate surface area is 203 Å². The number of anilines is 1. The summed E-state index contributed by atoms with van der Waals surface area (Å²) in [5, 5.41) is 13.7. The van der Waals surface area contributed by atoms with Crippen molar-refractivity contribution in [2.45, 2.75) is 76.5 Å². The highest BCUT2D eigenvalue weighted by Crippen LogP contribution is 2.55. The molecular formula is C21H35N4O9P. The Bertz CT molecular complexity index is 972. The van der Waals surface area contributed by atoms with E-state index in [9.17, 15) is 19.3 Å². The number of nitrogens with two attached hydrogens (primary N) is 1. The van der Waals surface area contributed by atoms with Crippen LogP contribution >= 0.6 is 7.75 Å². The monoisotopic (exact) mass is 518 g/mol. The average Bonchev–Trinajstić information content (AvgIpc) is 3.05. The van der Waals surface area contributed by atoms with E-state index in [1.165, 1.54) is 26.1 Å². The van der Waals surface area contributed by atoms with Gasteiger partial charge in [0, 0.05) is 12.8 Å². The Balaban J connectivity index is 1.52. The van der Waals surface area contributed by atoms with E-state index >= 15 is 0 Å². The Kier molecular flexibility index (Phi) is 9.44. The molecule has 0 saturated carbocycles. The van der Waals surface area contributed by atoms with Crippen LogP contribution in [0.25, 0.3) is 0 Å². The SMILES string of the molecule is CCCCCCOCCOC(=O)[C@H](C)NP1(=O)OC[C@H]2O[C@@H](n3ccc(N)nc3=O)[C@](C)(O)[C@@H]2O1. The van der Waals surface area contributed by atoms with Gasteiger partial charge in [0.1, 0.15) is 36.3 Å². The molecule has 35 heavy (non-hydrogen) atoms. The van der Waals surface area contributed by atoms with E-state index in [1.807, 2.05) is 0 Å². The van der Waals surface area contributed by atoms with Crippen LogP contribution in [0.4, 0.5) is 5.82 Å². The zero-order valence-corrected chi connectivity index (χ0v) is 21.1. The largest absolute Gasteiger partial charge is 0.462 e. The van der Waals surface area contributed by atoms with Crippen LogP contribution in [-0.2, 0) is 32.6 Å². The van der Waals surface area contributed by atoms with Crippen molar-refractivity contribution in [2.24, 2.45) is 0 Å². The molecule has 0 aromatic carbocycles. The lowest BCUT2D eigenvalue weighted by Crippen LogP contribution is -2.50. The maximum Gasteiger partial charge on any atom is 0.406 e. The number of aliphatic hydroxyl groups is 1. The summed E-state index contributed by atoms with van der Waals surface area (Å²) in [5.74, 6) is -0.634. The van der Waals surface area contributed by atoms with Crippen molar-refractivity contribution in [1.82, 2.24) is 14.6 Å². The van der Waals surface area contributed by atoms with Gasteiger partial charge in [-0.1, -0.05) is 26.2 Å². The summed E-state index contributed by atoms with van der Waals surface area (Å²) in [6.07, 6.45) is 2.58. The lowest BCUT2D eigenvalue weighted by molar-refractivity contribution is -0.147. The normalized spacial score (nSPS) is 31.1. The first-order chi connectivity index (χ1) is 16.6. The van der Waals surface area contributed by atoms with Crippen molar-refractivity contribution in [2.75, 3.05) is 32.2 Å². The number of hydrogen-bond donors (Lipinski definition) is 3. The van der Waals surface area contributed by atoms with Crippen LogP contribution in [0.5, 0.6) is 0 Å². The highest BCUT2D eigenvalue weighted by Gasteiger charge is 2.60. The first-order valence-corrected chi connectivity index (χ1v) is 13.3. The summed E-state index contributed by atoms with van der Waals surface area (Å²) in [7, 11) is -4.02. The number of nitrogens with one attached hydrogen (secondary N) is 1. The van der Waals surface area contributed by atoms with Gasteiger partial charge in [0.05, 0.1) is 13.2 Å². The molecular weight excluding hydrogens is 483 g/mol. The molecule has 1 aromatic rings. The summed E-state index contributed by atoms with van der Waals surface area (Å²) in [4.78, 5) is 28.2. The quantitative estimate of drug-likeness (QED) is 0.205. The smallest absolute Gasteiger partial charge is 0.406 e. The van der Waals surface area contributed by atoms with E-state index in [4.69, 9.17) is 29.0 Å². The maximum atomic E-state index is 13.2. The van der Waals surface area contributed by atoms with Crippen molar-refractivity contribution < 1.29 is 37.7 Å². The number of hydrogen-bond acceptors (Lipinski definition) is 11. The second-order valence-corrected chi connectivity index (χ2v) is 10.5. The molecule has 0 amide bonds. The van der Waals surface area contributed by atoms with Crippen molar-refractivity contribution in [3.63, 3.8) is 0 Å². The van der Waals surface area contributed by atoms with Crippen LogP contribution in [0.1, 0.15) is 52.7 Å². The van der Waals surface area contributed by atoms with E-state index in [-0.39, 0.29) is 25.6 Å². The van der Waals surface area contributed by atoms with Crippen molar-refractivity contribution in [1.29, 1.82) is 0 Å².